The molecule has 136 valence electrons. The van der Waals surface area contributed by atoms with E-state index in [4.69, 9.17) is 9.47 Å². The van der Waals surface area contributed by atoms with Gasteiger partial charge in [0.2, 0.25) is 0 Å². The molecule has 26 heavy (non-hydrogen) atoms. The zero-order valence-electron chi connectivity index (χ0n) is 14.2. The first-order valence-corrected chi connectivity index (χ1v) is 7.65. The number of benzene rings is 2. The van der Waals surface area contributed by atoms with Crippen LogP contribution >= 0.6 is 0 Å². The number of hydrogen-bond acceptors (Lipinski definition) is 6. The molecule has 3 N–H and O–H groups in total. The van der Waals surface area contributed by atoms with Crippen molar-refractivity contribution < 1.29 is 29.0 Å². The Labute approximate surface area is 149 Å². The number of esters is 1. The van der Waals surface area contributed by atoms with E-state index in [1.165, 1.54) is 32.2 Å². The Morgan fingerprint density at radius 3 is 2.35 bits per heavy atom. The van der Waals surface area contributed by atoms with Crippen molar-refractivity contribution in [3.8, 4) is 11.5 Å². The number of hydrazine groups is 1. The minimum absolute atomic E-state index is 0.112. The predicted octanol–water partition coefficient (Wildman–Crippen LogP) is 1.41. The topological polar surface area (TPSA) is 114 Å². The second-order valence-corrected chi connectivity index (χ2v) is 5.24. The molecule has 0 aliphatic heterocycles. The van der Waals surface area contributed by atoms with Crippen LogP contribution in [0.1, 0.15) is 27.6 Å². The van der Waals surface area contributed by atoms with Crippen LogP contribution in [-0.4, -0.2) is 36.1 Å². The lowest BCUT2D eigenvalue weighted by Gasteiger charge is -2.14. The van der Waals surface area contributed by atoms with Gasteiger partial charge in [-0.25, -0.2) is 4.79 Å². The van der Waals surface area contributed by atoms with Crippen molar-refractivity contribution in [2.75, 3.05) is 7.11 Å². The second kappa shape index (κ2) is 8.52. The maximum Gasteiger partial charge on any atom is 0.342 e. The molecular weight excluding hydrogens is 340 g/mol. The molecule has 0 fully saturated rings. The summed E-state index contributed by atoms with van der Waals surface area (Å²) in [5.41, 5.74) is 4.64. The standard InChI is InChI=1S/C18H18N2O6/c1-11(16(22)19-20-17(23)12-6-4-3-5-7-12)26-18(24)14-9-8-13(25-2)10-15(14)21/h3-11,21H,1-2H3,(H,19,22)(H,20,23)/t11-/m0/s1. The first-order chi connectivity index (χ1) is 12.4. The van der Waals surface area contributed by atoms with Crippen LogP contribution in [0.15, 0.2) is 48.5 Å². The highest BCUT2D eigenvalue weighted by Crippen LogP contribution is 2.24. The molecular formula is C18H18N2O6. The van der Waals surface area contributed by atoms with Gasteiger partial charge in [-0.15, -0.1) is 0 Å². The average Bonchev–Trinajstić information content (AvgIpc) is 2.66. The van der Waals surface area contributed by atoms with E-state index < -0.39 is 23.9 Å². The van der Waals surface area contributed by atoms with Crippen LogP contribution in [0.25, 0.3) is 0 Å². The molecule has 1 atom stereocenters. The first kappa shape index (κ1) is 18.8. The minimum Gasteiger partial charge on any atom is -0.507 e. The molecule has 0 aliphatic carbocycles. The Morgan fingerprint density at radius 1 is 1.04 bits per heavy atom. The number of carbonyl (C=O) groups is 3. The van der Waals surface area contributed by atoms with Crippen LogP contribution in [0, 0.1) is 0 Å². The fourth-order valence-corrected chi connectivity index (χ4v) is 1.97. The minimum atomic E-state index is -1.19. The summed E-state index contributed by atoms with van der Waals surface area (Å²) in [6.45, 7) is 1.34. The highest BCUT2D eigenvalue weighted by Gasteiger charge is 2.21. The SMILES string of the molecule is COc1ccc(C(=O)O[C@@H](C)C(=O)NNC(=O)c2ccccc2)c(O)c1. The van der Waals surface area contributed by atoms with E-state index in [2.05, 4.69) is 10.9 Å². The zero-order valence-corrected chi connectivity index (χ0v) is 14.2. The second-order valence-electron chi connectivity index (χ2n) is 5.24. The third kappa shape index (κ3) is 4.73. The van der Waals surface area contributed by atoms with Crippen molar-refractivity contribution in [2.24, 2.45) is 0 Å². The predicted molar refractivity (Wildman–Crippen MR) is 91.6 cm³/mol. The maximum absolute atomic E-state index is 12.0. The van der Waals surface area contributed by atoms with Crippen LogP contribution in [-0.2, 0) is 9.53 Å². The number of aromatic hydroxyl groups is 1. The monoisotopic (exact) mass is 358 g/mol. The maximum atomic E-state index is 12.0. The molecule has 0 saturated heterocycles. The highest BCUT2D eigenvalue weighted by molar-refractivity contribution is 5.97. The molecule has 0 radical (unpaired) electrons. The van der Waals surface area contributed by atoms with Gasteiger partial charge >= 0.3 is 5.97 Å². The van der Waals surface area contributed by atoms with Gasteiger partial charge in [-0.3, -0.25) is 20.4 Å². The number of ether oxygens (including phenoxy) is 2. The summed E-state index contributed by atoms with van der Waals surface area (Å²) < 4.78 is 9.91. The quantitative estimate of drug-likeness (QED) is 0.550. The van der Waals surface area contributed by atoms with Crippen LogP contribution in [0.4, 0.5) is 0 Å². The summed E-state index contributed by atoms with van der Waals surface area (Å²) in [6, 6.07) is 12.3. The number of phenolic OH excluding ortho intramolecular Hbond substituents is 1. The van der Waals surface area contributed by atoms with Gasteiger partial charge in [0.15, 0.2) is 6.10 Å². The molecule has 2 amide bonds. The Hall–Kier alpha value is -3.55. The lowest BCUT2D eigenvalue weighted by Crippen LogP contribution is -2.46. The molecule has 0 aliphatic rings. The molecule has 0 heterocycles. The Balaban J connectivity index is 1.90. The molecule has 8 nitrogen and oxygen atoms in total. The molecule has 0 unspecified atom stereocenters. The molecule has 0 spiro atoms. The van der Waals surface area contributed by atoms with Crippen LogP contribution < -0.4 is 15.6 Å². The largest absolute Gasteiger partial charge is 0.507 e. The molecule has 8 heteroatoms. The Kier molecular flexibility index (Phi) is 6.15. The number of amides is 2. The highest BCUT2D eigenvalue weighted by atomic mass is 16.5. The summed E-state index contributed by atoms with van der Waals surface area (Å²) in [7, 11) is 1.42. The first-order valence-electron chi connectivity index (χ1n) is 7.65. The van der Waals surface area contributed by atoms with E-state index >= 15 is 0 Å². The summed E-state index contributed by atoms with van der Waals surface area (Å²) in [6.07, 6.45) is -1.19. The number of rotatable bonds is 5. The van der Waals surface area contributed by atoms with E-state index in [9.17, 15) is 19.5 Å². The lowest BCUT2D eigenvalue weighted by molar-refractivity contribution is -0.129. The number of methoxy groups -OCH3 is 1. The molecule has 0 bridgehead atoms. The number of carbonyl (C=O) groups excluding carboxylic acids is 3. The summed E-state index contributed by atoms with van der Waals surface area (Å²) in [5, 5.41) is 9.81. The summed E-state index contributed by atoms with van der Waals surface area (Å²) in [5.74, 6) is -2.09. The summed E-state index contributed by atoms with van der Waals surface area (Å²) >= 11 is 0. The molecule has 2 aromatic carbocycles. The van der Waals surface area contributed by atoms with Crippen molar-refractivity contribution in [1.82, 2.24) is 10.9 Å². The fraction of sp³-hybridized carbons (Fsp3) is 0.167. The van der Waals surface area contributed by atoms with Gasteiger partial charge in [0.1, 0.15) is 17.1 Å². The molecule has 2 rings (SSSR count). The van der Waals surface area contributed by atoms with Gasteiger partial charge < -0.3 is 14.6 Å². The van der Waals surface area contributed by atoms with Crippen molar-refractivity contribution in [3.63, 3.8) is 0 Å². The van der Waals surface area contributed by atoms with Gasteiger partial charge in [-0.2, -0.15) is 0 Å². The van der Waals surface area contributed by atoms with Gasteiger partial charge in [0, 0.05) is 11.6 Å². The van der Waals surface area contributed by atoms with E-state index in [1.54, 1.807) is 30.3 Å². The third-order valence-electron chi connectivity index (χ3n) is 3.41. The number of nitrogens with one attached hydrogen (secondary N) is 2. The Morgan fingerprint density at radius 2 is 1.73 bits per heavy atom. The van der Waals surface area contributed by atoms with Crippen LogP contribution in [0.5, 0.6) is 11.5 Å². The van der Waals surface area contributed by atoms with Crippen molar-refractivity contribution in [1.29, 1.82) is 0 Å². The van der Waals surface area contributed by atoms with Gasteiger partial charge in [-0.05, 0) is 31.2 Å². The van der Waals surface area contributed by atoms with Crippen molar-refractivity contribution in [2.45, 2.75) is 13.0 Å². The molecule has 2 aromatic rings. The van der Waals surface area contributed by atoms with E-state index in [1.807, 2.05) is 0 Å². The van der Waals surface area contributed by atoms with Crippen molar-refractivity contribution >= 4 is 17.8 Å². The van der Waals surface area contributed by atoms with Gasteiger partial charge in [-0.1, -0.05) is 18.2 Å². The van der Waals surface area contributed by atoms with Gasteiger partial charge in [0.05, 0.1) is 7.11 Å². The van der Waals surface area contributed by atoms with E-state index in [-0.39, 0.29) is 11.3 Å². The van der Waals surface area contributed by atoms with Crippen molar-refractivity contribution in [3.05, 3.63) is 59.7 Å². The smallest absolute Gasteiger partial charge is 0.342 e. The summed E-state index contributed by atoms with van der Waals surface area (Å²) in [4.78, 5) is 35.8. The van der Waals surface area contributed by atoms with Crippen LogP contribution in [0.3, 0.4) is 0 Å². The van der Waals surface area contributed by atoms with E-state index in [0.29, 0.717) is 11.3 Å². The number of hydrogen-bond donors (Lipinski definition) is 3. The van der Waals surface area contributed by atoms with Gasteiger partial charge in [0.25, 0.3) is 11.8 Å². The van der Waals surface area contributed by atoms with E-state index in [0.717, 1.165) is 0 Å². The molecule has 0 saturated carbocycles. The number of phenols is 1. The van der Waals surface area contributed by atoms with Crippen LogP contribution in [0.2, 0.25) is 0 Å². The zero-order chi connectivity index (χ0) is 19.1. The molecule has 0 aromatic heterocycles. The average molecular weight is 358 g/mol. The Bertz CT molecular complexity index is 807. The third-order valence-corrected chi connectivity index (χ3v) is 3.41. The lowest BCUT2D eigenvalue weighted by atomic mass is 10.2. The fourth-order valence-electron chi connectivity index (χ4n) is 1.97. The normalized spacial score (nSPS) is 11.2.